The van der Waals surface area contributed by atoms with Crippen molar-refractivity contribution in [1.82, 2.24) is 9.97 Å². The number of hydrogen-bond donors (Lipinski definition) is 2. The van der Waals surface area contributed by atoms with Crippen LogP contribution in [0.25, 0.3) is 11.0 Å². The fraction of sp³-hybridized carbons (Fsp3) is 0.182. The maximum absolute atomic E-state index is 11.0. The highest BCUT2D eigenvalue weighted by Crippen LogP contribution is 2.32. The number of rotatable bonds is 1. The number of nitrogens with two attached hydrogens (primary N) is 1. The molecule has 0 saturated carbocycles. The first-order valence-electron chi connectivity index (χ1n) is 4.88. The molecule has 5 nitrogen and oxygen atoms in total. The molecule has 0 bridgehead atoms. The molecule has 0 aliphatic carbocycles. The van der Waals surface area contributed by atoms with Gasteiger partial charge in [-0.3, -0.25) is 0 Å². The number of aryl methyl sites for hydroxylation is 2. The first-order chi connectivity index (χ1) is 7.91. The third-order valence-corrected chi connectivity index (χ3v) is 3.28. The van der Waals surface area contributed by atoms with Crippen molar-refractivity contribution >= 4 is 38.6 Å². The number of nitrogens with zero attached hydrogens (tertiary/aromatic N) is 2. The number of aromatic carboxylic acids is 1. The predicted octanol–water partition coefficient (Wildman–Crippen LogP) is 2.29. The van der Waals surface area contributed by atoms with E-state index in [2.05, 4.69) is 25.9 Å². The zero-order valence-electron chi connectivity index (χ0n) is 9.28. The minimum atomic E-state index is -1.16. The maximum atomic E-state index is 11.0. The van der Waals surface area contributed by atoms with Gasteiger partial charge in [0, 0.05) is 11.1 Å². The molecule has 0 radical (unpaired) electrons. The number of hydrogen-bond acceptors (Lipinski definition) is 4. The molecule has 2 rings (SSSR count). The quantitative estimate of drug-likeness (QED) is 0.842. The van der Waals surface area contributed by atoms with Gasteiger partial charge < -0.3 is 10.8 Å². The van der Waals surface area contributed by atoms with Crippen LogP contribution in [0.4, 0.5) is 5.69 Å². The van der Waals surface area contributed by atoms with Gasteiger partial charge in [0.1, 0.15) is 0 Å². The Kier molecular flexibility index (Phi) is 2.74. The van der Waals surface area contributed by atoms with E-state index in [1.165, 1.54) is 0 Å². The maximum Gasteiger partial charge on any atom is 0.356 e. The first-order valence-corrected chi connectivity index (χ1v) is 5.67. The van der Waals surface area contributed by atoms with Crippen molar-refractivity contribution < 1.29 is 9.90 Å². The predicted molar refractivity (Wildman–Crippen MR) is 68.1 cm³/mol. The molecule has 0 atom stereocenters. The van der Waals surface area contributed by atoms with Gasteiger partial charge >= 0.3 is 5.97 Å². The van der Waals surface area contributed by atoms with Crippen LogP contribution in [0.15, 0.2) is 10.5 Å². The summed E-state index contributed by atoms with van der Waals surface area (Å²) in [6, 6.07) is 1.90. The Hall–Kier alpha value is -1.69. The van der Waals surface area contributed by atoms with Gasteiger partial charge in [-0.1, -0.05) is 0 Å². The van der Waals surface area contributed by atoms with Gasteiger partial charge in [-0.25, -0.2) is 14.8 Å². The lowest BCUT2D eigenvalue weighted by Crippen LogP contribution is -2.08. The number of carbonyl (C=O) groups is 1. The van der Waals surface area contributed by atoms with E-state index in [9.17, 15) is 4.79 Å². The van der Waals surface area contributed by atoms with E-state index >= 15 is 0 Å². The number of carboxylic acids is 1. The summed E-state index contributed by atoms with van der Waals surface area (Å²) in [5.74, 6) is -1.16. The summed E-state index contributed by atoms with van der Waals surface area (Å²) in [5, 5.41) is 9.75. The Labute approximate surface area is 106 Å². The summed E-state index contributed by atoms with van der Waals surface area (Å²) in [7, 11) is 0. The van der Waals surface area contributed by atoms with Crippen LogP contribution >= 0.6 is 15.9 Å². The topological polar surface area (TPSA) is 89.1 Å². The Morgan fingerprint density at radius 3 is 2.65 bits per heavy atom. The Balaban J connectivity index is 2.96. The minimum Gasteiger partial charge on any atom is -0.476 e. The van der Waals surface area contributed by atoms with Crippen LogP contribution in [0.3, 0.4) is 0 Å². The van der Waals surface area contributed by atoms with Crippen LogP contribution in [-0.4, -0.2) is 21.0 Å². The van der Waals surface area contributed by atoms with E-state index < -0.39 is 5.97 Å². The molecule has 88 valence electrons. The third kappa shape index (κ3) is 1.84. The van der Waals surface area contributed by atoms with E-state index in [-0.39, 0.29) is 11.4 Å². The van der Waals surface area contributed by atoms with Crippen molar-refractivity contribution in [1.29, 1.82) is 0 Å². The Bertz CT molecular complexity index is 640. The van der Waals surface area contributed by atoms with Gasteiger partial charge in [-0.15, -0.1) is 0 Å². The second-order valence-corrected chi connectivity index (χ2v) is 4.57. The second kappa shape index (κ2) is 3.96. The van der Waals surface area contributed by atoms with Gasteiger partial charge in [0.25, 0.3) is 0 Å². The Morgan fingerprint density at radius 2 is 2.06 bits per heavy atom. The highest BCUT2D eigenvalue weighted by molar-refractivity contribution is 9.10. The van der Waals surface area contributed by atoms with Gasteiger partial charge in [-0.2, -0.15) is 0 Å². The van der Waals surface area contributed by atoms with E-state index in [0.717, 1.165) is 16.6 Å². The molecule has 2 heterocycles. The van der Waals surface area contributed by atoms with Crippen LogP contribution in [0, 0.1) is 13.8 Å². The molecule has 17 heavy (non-hydrogen) atoms. The van der Waals surface area contributed by atoms with Crippen LogP contribution < -0.4 is 5.73 Å². The molecule has 0 amide bonds. The highest BCUT2D eigenvalue weighted by atomic mass is 79.9. The number of aromatic nitrogens is 2. The molecule has 0 aromatic carbocycles. The molecular weight excluding hydrogens is 286 g/mol. The molecule has 2 aromatic heterocycles. The summed E-state index contributed by atoms with van der Waals surface area (Å²) in [5.41, 5.74) is 7.82. The van der Waals surface area contributed by atoms with Crippen molar-refractivity contribution in [3.63, 3.8) is 0 Å². The van der Waals surface area contributed by atoms with Crippen LogP contribution in [0.1, 0.15) is 21.7 Å². The van der Waals surface area contributed by atoms with Gasteiger partial charge in [0.05, 0.1) is 10.2 Å². The number of halogens is 1. The van der Waals surface area contributed by atoms with E-state index in [1.807, 2.05) is 19.9 Å². The number of anilines is 1. The van der Waals surface area contributed by atoms with Gasteiger partial charge in [-0.05, 0) is 41.4 Å². The van der Waals surface area contributed by atoms with Crippen LogP contribution in [0.5, 0.6) is 0 Å². The second-order valence-electron chi connectivity index (χ2n) is 3.77. The summed E-state index contributed by atoms with van der Waals surface area (Å²) in [6.45, 7) is 3.74. The van der Waals surface area contributed by atoms with Gasteiger partial charge in [0.2, 0.25) is 0 Å². The van der Waals surface area contributed by atoms with Crippen molar-refractivity contribution in [2.45, 2.75) is 13.8 Å². The monoisotopic (exact) mass is 295 g/mol. The summed E-state index contributed by atoms with van der Waals surface area (Å²) in [4.78, 5) is 19.2. The largest absolute Gasteiger partial charge is 0.476 e. The summed E-state index contributed by atoms with van der Waals surface area (Å²) < 4.78 is 0.532. The lowest BCUT2D eigenvalue weighted by Gasteiger charge is -2.09. The van der Waals surface area contributed by atoms with Crippen LogP contribution in [-0.2, 0) is 0 Å². The lowest BCUT2D eigenvalue weighted by molar-refractivity contribution is 0.0692. The molecule has 0 unspecified atom stereocenters. The Morgan fingerprint density at radius 1 is 1.41 bits per heavy atom. The fourth-order valence-corrected chi connectivity index (χ4v) is 2.41. The average Bonchev–Trinajstić information content (AvgIpc) is 2.21. The zero-order valence-corrected chi connectivity index (χ0v) is 10.9. The molecule has 0 fully saturated rings. The number of carboxylic acid groups (broad SMARTS) is 1. The number of pyridine rings is 2. The molecule has 2 aromatic rings. The zero-order chi connectivity index (χ0) is 12.7. The van der Waals surface area contributed by atoms with Crippen molar-refractivity contribution in [2.24, 2.45) is 0 Å². The summed E-state index contributed by atoms with van der Waals surface area (Å²) >= 11 is 3.31. The molecule has 0 aliphatic heterocycles. The minimum absolute atomic E-state index is 0.124. The van der Waals surface area contributed by atoms with Crippen molar-refractivity contribution in [2.75, 3.05) is 5.73 Å². The summed E-state index contributed by atoms with van der Waals surface area (Å²) in [6.07, 6.45) is 0. The van der Waals surface area contributed by atoms with Gasteiger partial charge in [0.15, 0.2) is 11.3 Å². The lowest BCUT2D eigenvalue weighted by atomic mass is 10.1. The highest BCUT2D eigenvalue weighted by Gasteiger charge is 2.18. The van der Waals surface area contributed by atoms with E-state index in [4.69, 9.17) is 10.8 Å². The molecule has 0 saturated heterocycles. The standard InChI is InChI=1S/C11H10BrN3O2/c1-4-3-5(2)14-10-6(4)7(12)8(13)9(15-10)11(16)17/h3H,13H2,1-2H3,(H,16,17). The van der Waals surface area contributed by atoms with Crippen LogP contribution in [0.2, 0.25) is 0 Å². The molecule has 0 aliphatic rings. The fourth-order valence-electron chi connectivity index (χ4n) is 1.74. The SMILES string of the molecule is Cc1cc(C)c2c(Br)c(N)c(C(=O)O)nc2n1. The van der Waals surface area contributed by atoms with Crippen molar-refractivity contribution in [3.05, 3.63) is 27.5 Å². The smallest absolute Gasteiger partial charge is 0.356 e. The third-order valence-electron chi connectivity index (χ3n) is 2.46. The molecule has 6 heteroatoms. The first kappa shape index (κ1) is 11.8. The normalized spacial score (nSPS) is 10.8. The molecule has 3 N–H and O–H groups in total. The van der Waals surface area contributed by atoms with E-state index in [1.54, 1.807) is 0 Å². The van der Waals surface area contributed by atoms with Crippen molar-refractivity contribution in [3.8, 4) is 0 Å². The number of nitrogen functional groups attached to an aromatic ring is 1. The average molecular weight is 296 g/mol. The van der Waals surface area contributed by atoms with E-state index in [0.29, 0.717) is 10.1 Å². The number of fused-ring (bicyclic) bond motifs is 1. The molecular formula is C11H10BrN3O2. The molecule has 0 spiro atoms.